The molecule has 0 aliphatic carbocycles. The third-order valence-electron chi connectivity index (χ3n) is 2.98. The molecule has 0 radical (unpaired) electrons. The topological polar surface area (TPSA) is 17.8 Å². The number of aryl methyl sites for hydroxylation is 1. The van der Waals surface area contributed by atoms with Crippen LogP contribution in [0.5, 0.6) is 0 Å². The van der Waals surface area contributed by atoms with Gasteiger partial charge in [0.15, 0.2) is 0 Å². The molecular weight excluding hydrogens is 247 g/mol. The number of fused-ring (bicyclic) bond motifs is 1. The van der Waals surface area contributed by atoms with Crippen LogP contribution in [0, 0.1) is 5.82 Å². The van der Waals surface area contributed by atoms with Crippen molar-refractivity contribution in [3.05, 3.63) is 48.3 Å². The van der Waals surface area contributed by atoms with Crippen LogP contribution < -0.4 is 0 Å². The van der Waals surface area contributed by atoms with Gasteiger partial charge in [-0.15, -0.1) is 12.6 Å². The van der Waals surface area contributed by atoms with Gasteiger partial charge < -0.3 is 4.57 Å². The Balaban J connectivity index is 2.31. The zero-order valence-corrected chi connectivity index (χ0v) is 10.7. The van der Waals surface area contributed by atoms with E-state index in [0.29, 0.717) is 11.4 Å². The molecule has 0 amide bonds. The van der Waals surface area contributed by atoms with E-state index in [0.717, 1.165) is 15.9 Å². The van der Waals surface area contributed by atoms with Crippen molar-refractivity contribution in [3.63, 3.8) is 0 Å². The largest absolute Gasteiger partial charge is 0.327 e. The van der Waals surface area contributed by atoms with Crippen molar-refractivity contribution < 1.29 is 4.39 Å². The number of rotatable bonds is 1. The molecule has 3 rings (SSSR count). The van der Waals surface area contributed by atoms with E-state index < -0.39 is 0 Å². The van der Waals surface area contributed by atoms with Crippen LogP contribution in [-0.4, -0.2) is 9.55 Å². The first-order valence-corrected chi connectivity index (χ1v) is 6.02. The number of aromatic nitrogens is 2. The van der Waals surface area contributed by atoms with Gasteiger partial charge in [0.05, 0.1) is 16.6 Å². The van der Waals surface area contributed by atoms with E-state index >= 15 is 0 Å². The predicted octanol–water partition coefficient (Wildman–Crippen LogP) is 3.67. The van der Waals surface area contributed by atoms with Crippen molar-refractivity contribution in [1.29, 1.82) is 0 Å². The second-order valence-corrected chi connectivity index (χ2v) is 4.66. The van der Waals surface area contributed by atoms with Gasteiger partial charge in [-0.2, -0.15) is 0 Å². The Morgan fingerprint density at radius 1 is 1.17 bits per heavy atom. The molecule has 0 bridgehead atoms. The van der Waals surface area contributed by atoms with E-state index in [4.69, 9.17) is 0 Å². The fraction of sp³-hybridized carbons (Fsp3) is 0.0714. The molecule has 3 aromatic rings. The van der Waals surface area contributed by atoms with Gasteiger partial charge in [-0.25, -0.2) is 9.37 Å². The van der Waals surface area contributed by atoms with E-state index in [1.165, 1.54) is 6.07 Å². The van der Waals surface area contributed by atoms with Crippen LogP contribution in [0.4, 0.5) is 4.39 Å². The highest BCUT2D eigenvalue weighted by molar-refractivity contribution is 7.80. The Bertz CT molecular complexity index is 734. The highest BCUT2D eigenvalue weighted by Crippen LogP contribution is 2.26. The van der Waals surface area contributed by atoms with Gasteiger partial charge in [-0.1, -0.05) is 12.1 Å². The van der Waals surface area contributed by atoms with E-state index in [2.05, 4.69) is 17.6 Å². The molecule has 1 aromatic heterocycles. The van der Waals surface area contributed by atoms with Gasteiger partial charge in [-0.3, -0.25) is 0 Å². The molecule has 0 atom stereocenters. The second-order valence-electron chi connectivity index (χ2n) is 4.15. The minimum absolute atomic E-state index is 0.262. The number of nitrogens with zero attached hydrogens (tertiary/aromatic N) is 2. The van der Waals surface area contributed by atoms with Crippen molar-refractivity contribution in [2.75, 3.05) is 0 Å². The number of halogens is 1. The van der Waals surface area contributed by atoms with Gasteiger partial charge in [0.25, 0.3) is 0 Å². The van der Waals surface area contributed by atoms with Crippen molar-refractivity contribution in [2.24, 2.45) is 7.05 Å². The van der Waals surface area contributed by atoms with Gasteiger partial charge >= 0.3 is 0 Å². The molecule has 0 N–H and O–H groups in total. The van der Waals surface area contributed by atoms with Crippen molar-refractivity contribution >= 4 is 23.7 Å². The van der Waals surface area contributed by atoms with E-state index in [1.807, 2.05) is 35.9 Å². The molecule has 4 heteroatoms. The van der Waals surface area contributed by atoms with Crippen molar-refractivity contribution in [2.45, 2.75) is 4.90 Å². The molecule has 0 unspecified atom stereocenters. The van der Waals surface area contributed by atoms with Crippen LogP contribution in [0.25, 0.3) is 22.4 Å². The number of hydrogen-bond acceptors (Lipinski definition) is 2. The molecular formula is C14H11FN2S. The number of thiol groups is 1. The Morgan fingerprint density at radius 2 is 1.94 bits per heavy atom. The quantitative estimate of drug-likeness (QED) is 0.659. The maximum atomic E-state index is 13.8. The summed E-state index contributed by atoms with van der Waals surface area (Å²) in [5.41, 5.74) is 2.30. The third kappa shape index (κ3) is 1.69. The first-order chi connectivity index (χ1) is 8.66. The summed E-state index contributed by atoms with van der Waals surface area (Å²) in [6, 6.07) is 12.4. The summed E-state index contributed by atoms with van der Waals surface area (Å²) >= 11 is 4.31. The zero-order valence-electron chi connectivity index (χ0n) is 9.76. The Labute approximate surface area is 109 Å². The molecule has 0 saturated carbocycles. The average molecular weight is 258 g/mol. The van der Waals surface area contributed by atoms with Gasteiger partial charge in [0.1, 0.15) is 11.6 Å². The smallest absolute Gasteiger partial charge is 0.143 e. The predicted molar refractivity (Wildman–Crippen MR) is 73.4 cm³/mol. The molecule has 0 aliphatic rings. The lowest BCUT2D eigenvalue weighted by molar-refractivity contribution is 0.629. The second kappa shape index (κ2) is 4.14. The van der Waals surface area contributed by atoms with Crippen LogP contribution in [0.15, 0.2) is 47.4 Å². The molecule has 0 aliphatic heterocycles. The summed E-state index contributed by atoms with van der Waals surface area (Å²) in [5, 5.41) is 0. The highest BCUT2D eigenvalue weighted by atomic mass is 32.1. The number of imidazole rings is 1. The van der Waals surface area contributed by atoms with E-state index in [-0.39, 0.29) is 5.82 Å². The third-order valence-corrected chi connectivity index (χ3v) is 3.26. The van der Waals surface area contributed by atoms with Gasteiger partial charge in [0.2, 0.25) is 0 Å². The Hall–Kier alpha value is -1.81. The lowest BCUT2D eigenvalue weighted by Crippen LogP contribution is -1.94. The van der Waals surface area contributed by atoms with Crippen LogP contribution >= 0.6 is 12.6 Å². The molecule has 1 heterocycles. The summed E-state index contributed by atoms with van der Waals surface area (Å²) in [7, 11) is 1.88. The van der Waals surface area contributed by atoms with E-state index in [9.17, 15) is 4.39 Å². The monoisotopic (exact) mass is 258 g/mol. The summed E-state index contributed by atoms with van der Waals surface area (Å²) in [4.78, 5) is 5.34. The van der Waals surface area contributed by atoms with Crippen molar-refractivity contribution in [3.8, 4) is 11.4 Å². The molecule has 0 spiro atoms. The van der Waals surface area contributed by atoms with Crippen LogP contribution in [0.1, 0.15) is 0 Å². The van der Waals surface area contributed by atoms with Crippen LogP contribution in [0.3, 0.4) is 0 Å². The average Bonchev–Trinajstić information content (AvgIpc) is 2.68. The van der Waals surface area contributed by atoms with Crippen molar-refractivity contribution in [1.82, 2.24) is 9.55 Å². The van der Waals surface area contributed by atoms with Crippen LogP contribution in [-0.2, 0) is 7.05 Å². The number of hydrogen-bond donors (Lipinski definition) is 1. The standard InChI is InChI=1S/C14H11FN2S/c1-17-13-8-9(18)6-7-12(13)16-14(17)10-4-2-3-5-11(10)15/h2-8,18H,1H3. The summed E-state index contributed by atoms with van der Waals surface area (Å²) in [6.07, 6.45) is 0. The maximum Gasteiger partial charge on any atom is 0.143 e. The normalized spacial score (nSPS) is 11.1. The SMILES string of the molecule is Cn1c(-c2ccccc2F)nc2ccc(S)cc21. The lowest BCUT2D eigenvalue weighted by atomic mass is 10.2. The molecule has 18 heavy (non-hydrogen) atoms. The molecule has 2 aromatic carbocycles. The minimum atomic E-state index is -0.262. The van der Waals surface area contributed by atoms with Gasteiger partial charge in [-0.05, 0) is 30.3 Å². The first-order valence-electron chi connectivity index (χ1n) is 5.57. The fourth-order valence-electron chi connectivity index (χ4n) is 2.06. The van der Waals surface area contributed by atoms with E-state index in [1.54, 1.807) is 12.1 Å². The molecule has 2 nitrogen and oxygen atoms in total. The summed E-state index contributed by atoms with van der Waals surface area (Å²) < 4.78 is 15.7. The van der Waals surface area contributed by atoms with Gasteiger partial charge in [0, 0.05) is 11.9 Å². The Kier molecular flexibility index (Phi) is 2.59. The maximum absolute atomic E-state index is 13.8. The number of benzene rings is 2. The summed E-state index contributed by atoms with van der Waals surface area (Å²) in [6.45, 7) is 0. The lowest BCUT2D eigenvalue weighted by Gasteiger charge is -2.03. The Morgan fingerprint density at radius 3 is 2.72 bits per heavy atom. The summed E-state index contributed by atoms with van der Waals surface area (Å²) in [5.74, 6) is 0.365. The highest BCUT2D eigenvalue weighted by Gasteiger charge is 2.12. The molecule has 0 saturated heterocycles. The fourth-order valence-corrected chi connectivity index (χ4v) is 2.26. The molecule has 90 valence electrons. The minimum Gasteiger partial charge on any atom is -0.327 e. The zero-order chi connectivity index (χ0) is 12.7. The molecule has 0 fully saturated rings. The first kappa shape index (κ1) is 11.3. The van der Waals surface area contributed by atoms with Crippen LogP contribution in [0.2, 0.25) is 0 Å².